The molecular weight excluding hydrogens is 473 g/mol. The molecule has 1 aliphatic heterocycles. The number of fused-ring (bicyclic) bond motifs is 1. The predicted molar refractivity (Wildman–Crippen MR) is 131 cm³/mol. The molecule has 9 heteroatoms. The van der Waals surface area contributed by atoms with Crippen molar-refractivity contribution in [3.63, 3.8) is 0 Å². The van der Waals surface area contributed by atoms with Gasteiger partial charge in [0, 0.05) is 41.1 Å². The van der Waals surface area contributed by atoms with Gasteiger partial charge in [-0.15, -0.1) is 0 Å². The van der Waals surface area contributed by atoms with Crippen molar-refractivity contribution in [3.8, 4) is 11.3 Å². The molecule has 0 N–H and O–H groups in total. The molecule has 2 unspecified atom stereocenters. The summed E-state index contributed by atoms with van der Waals surface area (Å²) in [5.74, 6) is 0.116. The van der Waals surface area contributed by atoms with Crippen LogP contribution in [-0.2, 0) is 4.74 Å². The molecule has 1 aromatic carbocycles. The van der Waals surface area contributed by atoms with Crippen LogP contribution >= 0.6 is 23.2 Å². The van der Waals surface area contributed by atoms with E-state index in [1.54, 1.807) is 13.1 Å². The van der Waals surface area contributed by atoms with Gasteiger partial charge in [-0.1, -0.05) is 35.3 Å². The van der Waals surface area contributed by atoms with Crippen molar-refractivity contribution in [1.29, 1.82) is 0 Å². The zero-order valence-corrected chi connectivity index (χ0v) is 20.1. The molecule has 4 heterocycles. The Hall–Kier alpha value is -2.74. The van der Waals surface area contributed by atoms with Gasteiger partial charge in [-0.25, -0.2) is 9.97 Å². The first-order valence-corrected chi connectivity index (χ1v) is 12.2. The summed E-state index contributed by atoms with van der Waals surface area (Å²) < 4.78 is 9.68. The van der Waals surface area contributed by atoms with E-state index >= 15 is 0 Å². The van der Waals surface area contributed by atoms with E-state index < -0.39 is 0 Å². The van der Waals surface area contributed by atoms with Crippen LogP contribution in [0.3, 0.4) is 0 Å². The van der Waals surface area contributed by atoms with Crippen molar-refractivity contribution in [2.45, 2.75) is 50.7 Å². The highest BCUT2D eigenvalue weighted by molar-refractivity contribution is 6.31. The first-order valence-electron chi connectivity index (χ1n) is 11.5. The fourth-order valence-corrected chi connectivity index (χ4v) is 4.86. The van der Waals surface area contributed by atoms with Gasteiger partial charge in [-0.2, -0.15) is 5.10 Å². The molecule has 174 valence electrons. The van der Waals surface area contributed by atoms with E-state index in [1.165, 1.54) is 17.2 Å². The van der Waals surface area contributed by atoms with Gasteiger partial charge in [0.2, 0.25) is 0 Å². The number of nitrogens with zero attached hydrogens (tertiary/aromatic N) is 5. The molecule has 34 heavy (non-hydrogen) atoms. The van der Waals surface area contributed by atoms with Gasteiger partial charge in [0.15, 0.2) is 5.65 Å². The number of hydrogen-bond donors (Lipinski definition) is 0. The summed E-state index contributed by atoms with van der Waals surface area (Å²) in [5.41, 5.74) is 4.05. The molecular formula is C25H23Cl2N5O2. The molecule has 7 nitrogen and oxygen atoms in total. The number of benzene rings is 1. The number of aromatic nitrogens is 5. The highest BCUT2D eigenvalue weighted by atomic mass is 35.5. The number of ether oxygens (including phenoxy) is 1. The highest BCUT2D eigenvalue weighted by Gasteiger charge is 2.30. The Morgan fingerprint density at radius 3 is 2.62 bits per heavy atom. The van der Waals surface area contributed by atoms with E-state index in [9.17, 15) is 4.79 Å². The van der Waals surface area contributed by atoms with Crippen LogP contribution in [-0.4, -0.2) is 30.8 Å². The van der Waals surface area contributed by atoms with Gasteiger partial charge in [-0.05, 0) is 44.7 Å². The van der Waals surface area contributed by atoms with Gasteiger partial charge in [0.1, 0.15) is 10.7 Å². The van der Waals surface area contributed by atoms with Gasteiger partial charge in [0.25, 0.3) is 5.56 Å². The van der Waals surface area contributed by atoms with Crippen LogP contribution in [0.5, 0.6) is 0 Å². The maximum atomic E-state index is 13.1. The van der Waals surface area contributed by atoms with E-state index in [4.69, 9.17) is 32.9 Å². The minimum absolute atomic E-state index is 0.0563. The Balaban J connectivity index is 1.43. The molecule has 0 radical (unpaired) electrons. The Morgan fingerprint density at radius 1 is 1.06 bits per heavy atom. The van der Waals surface area contributed by atoms with E-state index in [1.807, 2.05) is 35.1 Å². The normalized spacial score (nSPS) is 20.7. The molecule has 0 bridgehead atoms. The van der Waals surface area contributed by atoms with Gasteiger partial charge in [-0.3, -0.25) is 13.9 Å². The predicted octanol–water partition coefficient (Wildman–Crippen LogP) is 5.54. The number of hydrogen-bond acceptors (Lipinski definition) is 5. The molecule has 0 spiro atoms. The summed E-state index contributed by atoms with van der Waals surface area (Å²) >= 11 is 12.4. The molecule has 4 aromatic rings. The highest BCUT2D eigenvalue weighted by Crippen LogP contribution is 2.39. The Labute approximate surface area is 206 Å². The maximum absolute atomic E-state index is 13.1. The third-order valence-electron chi connectivity index (χ3n) is 6.67. The fourth-order valence-electron chi connectivity index (χ4n) is 4.60. The van der Waals surface area contributed by atoms with Crippen LogP contribution in [0, 0.1) is 6.92 Å². The molecule has 3 aromatic heterocycles. The van der Waals surface area contributed by atoms with Crippen molar-refractivity contribution in [2.24, 2.45) is 0 Å². The summed E-state index contributed by atoms with van der Waals surface area (Å²) in [6.45, 7) is 2.34. The molecule has 6 rings (SSSR count). The minimum Gasteiger partial charge on any atom is -0.373 e. The van der Waals surface area contributed by atoms with Crippen LogP contribution in [0.2, 0.25) is 10.0 Å². The fraction of sp³-hybridized carbons (Fsp3) is 0.360. The molecule has 1 saturated heterocycles. The molecule has 1 aliphatic carbocycles. The first kappa shape index (κ1) is 21.8. The number of halogens is 2. The summed E-state index contributed by atoms with van der Waals surface area (Å²) in [6.07, 6.45) is 9.70. The molecule has 2 atom stereocenters. The number of aryl methyl sites for hydroxylation is 1. The van der Waals surface area contributed by atoms with Gasteiger partial charge < -0.3 is 4.74 Å². The van der Waals surface area contributed by atoms with Gasteiger partial charge in [0.05, 0.1) is 29.7 Å². The Kier molecular flexibility index (Phi) is 5.43. The smallest absolute Gasteiger partial charge is 0.277 e. The monoisotopic (exact) mass is 495 g/mol. The molecule has 0 amide bonds. The van der Waals surface area contributed by atoms with Crippen molar-refractivity contribution in [3.05, 3.63) is 80.2 Å². The summed E-state index contributed by atoms with van der Waals surface area (Å²) in [6, 6.07) is 7.94. The summed E-state index contributed by atoms with van der Waals surface area (Å²) in [4.78, 5) is 22.7. The van der Waals surface area contributed by atoms with Crippen molar-refractivity contribution >= 4 is 28.8 Å². The lowest BCUT2D eigenvalue weighted by Gasteiger charge is -2.29. The largest absolute Gasteiger partial charge is 0.373 e. The second-order valence-electron chi connectivity index (χ2n) is 9.10. The van der Waals surface area contributed by atoms with Crippen molar-refractivity contribution in [1.82, 2.24) is 24.1 Å². The van der Waals surface area contributed by atoms with Crippen LogP contribution in [0.25, 0.3) is 16.9 Å². The zero-order chi connectivity index (χ0) is 23.4. The molecule has 1 saturated carbocycles. The quantitative estimate of drug-likeness (QED) is 0.371. The van der Waals surface area contributed by atoms with Crippen LogP contribution in [0.1, 0.15) is 60.7 Å². The second kappa shape index (κ2) is 8.48. The average Bonchev–Trinajstić information content (AvgIpc) is 3.59. The minimum atomic E-state index is -0.294. The van der Waals surface area contributed by atoms with E-state index in [0.29, 0.717) is 34.7 Å². The second-order valence-corrected chi connectivity index (χ2v) is 9.91. The van der Waals surface area contributed by atoms with Crippen LogP contribution in [0.4, 0.5) is 0 Å². The summed E-state index contributed by atoms with van der Waals surface area (Å²) in [5, 5.41) is 5.28. The lowest BCUT2D eigenvalue weighted by Crippen LogP contribution is -2.23. The average molecular weight is 496 g/mol. The molecule has 2 fully saturated rings. The third-order valence-corrected chi connectivity index (χ3v) is 7.36. The van der Waals surface area contributed by atoms with Crippen LogP contribution < -0.4 is 5.56 Å². The zero-order valence-electron chi connectivity index (χ0n) is 18.6. The maximum Gasteiger partial charge on any atom is 0.277 e. The van der Waals surface area contributed by atoms with E-state index in [0.717, 1.165) is 29.7 Å². The first-order chi connectivity index (χ1) is 16.5. The van der Waals surface area contributed by atoms with E-state index in [-0.39, 0.29) is 22.6 Å². The summed E-state index contributed by atoms with van der Waals surface area (Å²) in [7, 11) is 0. The molecule has 2 aliphatic rings. The lowest BCUT2D eigenvalue weighted by molar-refractivity contribution is 0.00454. The number of rotatable bonds is 4. The van der Waals surface area contributed by atoms with Crippen LogP contribution in [0.15, 0.2) is 47.7 Å². The van der Waals surface area contributed by atoms with Gasteiger partial charge >= 0.3 is 0 Å². The van der Waals surface area contributed by atoms with Crippen molar-refractivity contribution < 1.29 is 4.74 Å². The Bertz CT molecular complexity index is 1440. The third kappa shape index (κ3) is 3.91. The Morgan fingerprint density at radius 2 is 1.85 bits per heavy atom. The van der Waals surface area contributed by atoms with E-state index in [2.05, 4.69) is 16.3 Å². The van der Waals surface area contributed by atoms with Crippen molar-refractivity contribution in [2.75, 3.05) is 6.61 Å². The standard InChI is InChI=1S/C25H23Cl2N5O2/c1-14-22(27)25(33)31-13-20(30-23(24(31)29-14)15-2-4-18(26)5-3-15)16-8-9-34-21(10-16)17-11-28-32(12-17)19-6-7-19/h2-5,11-13,16,19,21H,6-10H2,1H3. The lowest BCUT2D eigenvalue weighted by atomic mass is 9.90. The SMILES string of the molecule is Cc1nc2c(-c3ccc(Cl)cc3)nc(C3CCOC(c4cnn(C5CC5)c4)C3)cn2c(=O)c1Cl. The topological polar surface area (TPSA) is 74.3 Å².